The fourth-order valence-electron chi connectivity index (χ4n) is 10.3. The van der Waals surface area contributed by atoms with Crippen LogP contribution < -0.4 is 0 Å². The van der Waals surface area contributed by atoms with Crippen molar-refractivity contribution in [2.24, 2.45) is 0 Å². The van der Waals surface area contributed by atoms with Crippen LogP contribution in [0.2, 0.25) is 0 Å². The van der Waals surface area contributed by atoms with Gasteiger partial charge >= 0.3 is 39.5 Å². The molecule has 0 aliphatic carbocycles. The first-order chi connectivity index (χ1) is 42.2. The maximum atomic E-state index is 13.0. The second kappa shape index (κ2) is 62.8. The first-order valence-corrected chi connectivity index (χ1v) is 38.8. The van der Waals surface area contributed by atoms with E-state index in [2.05, 4.69) is 27.7 Å². The predicted octanol–water partition coefficient (Wildman–Crippen LogP) is 19.5. The van der Waals surface area contributed by atoms with Crippen LogP contribution in [0.15, 0.2) is 0 Å². The van der Waals surface area contributed by atoms with Gasteiger partial charge < -0.3 is 33.8 Å². The van der Waals surface area contributed by atoms with E-state index in [1.807, 2.05) is 0 Å². The molecule has 3 N–H and O–H groups in total. The standard InChI is InChI=1S/C68H132O17P2/c1-5-9-13-17-20-23-26-29-31-32-34-37-40-43-47-51-55-68(73)85-64(59-79-66(71)53-49-45-41-38-36-33-30-27-24-21-18-14-10-6-2)61-83-87(76,77)81-57-62(69)56-80-86(74,75)82-60-63(58-78-65(70)52-48-44-16-12-8-4)84-67(72)54-50-46-42-39-35-28-25-22-19-15-11-7-3/h62-64,69H,5-61H2,1-4H3,(H,74,75)(H,76,77)/t62-,63+,64+/m0/s1. The molecule has 17 nitrogen and oxygen atoms in total. The fraction of sp³-hybridized carbons (Fsp3) is 0.941. The number of phosphoric ester groups is 2. The van der Waals surface area contributed by atoms with Crippen LogP contribution in [0, 0.1) is 0 Å². The summed E-state index contributed by atoms with van der Waals surface area (Å²) in [6, 6.07) is 0. The molecular formula is C68H132O17P2. The molecule has 0 spiro atoms. The number of phosphoric acid groups is 2. The quantitative estimate of drug-likeness (QED) is 0.0222. The summed E-state index contributed by atoms with van der Waals surface area (Å²) in [5, 5.41) is 10.5. The van der Waals surface area contributed by atoms with E-state index >= 15 is 0 Å². The topological polar surface area (TPSA) is 237 Å². The van der Waals surface area contributed by atoms with E-state index in [1.165, 1.54) is 180 Å². The molecule has 0 aliphatic heterocycles. The minimum absolute atomic E-state index is 0.107. The summed E-state index contributed by atoms with van der Waals surface area (Å²) in [5.41, 5.74) is 0. The van der Waals surface area contributed by atoms with Crippen LogP contribution in [0.5, 0.6) is 0 Å². The molecule has 19 heteroatoms. The lowest BCUT2D eigenvalue weighted by atomic mass is 10.0. The number of carbonyl (C=O) groups is 4. The Labute approximate surface area is 530 Å². The van der Waals surface area contributed by atoms with Crippen molar-refractivity contribution < 1.29 is 80.2 Å². The molecular weight excluding hydrogens is 1150 g/mol. The molecule has 0 heterocycles. The van der Waals surface area contributed by atoms with Crippen LogP contribution in [-0.2, 0) is 65.4 Å². The normalized spacial score (nSPS) is 14.1. The second-order valence-electron chi connectivity index (χ2n) is 24.6. The number of ether oxygens (including phenoxy) is 4. The Kier molecular flexibility index (Phi) is 61.4. The molecule has 0 aromatic rings. The Hall–Kier alpha value is -1.94. The van der Waals surface area contributed by atoms with Crippen molar-refractivity contribution >= 4 is 39.5 Å². The monoisotopic (exact) mass is 1280 g/mol. The fourth-order valence-corrected chi connectivity index (χ4v) is 11.9. The summed E-state index contributed by atoms with van der Waals surface area (Å²) in [6.07, 6.45) is 50.2. The van der Waals surface area contributed by atoms with Crippen molar-refractivity contribution in [3.63, 3.8) is 0 Å². The SMILES string of the molecule is CCCCCCCCCCCCCCCCCCC(=O)O[C@H](COC(=O)CCCCCCCCCCCCCCCC)COP(=O)(O)OC[C@@H](O)COP(=O)(O)OC[C@@H](COC(=O)CCCCCCC)OC(=O)CCCCCCCCCCCCCC. The summed E-state index contributed by atoms with van der Waals surface area (Å²) in [4.78, 5) is 72.2. The van der Waals surface area contributed by atoms with Crippen LogP contribution >= 0.6 is 15.6 Å². The van der Waals surface area contributed by atoms with Crippen LogP contribution in [0.4, 0.5) is 0 Å². The van der Waals surface area contributed by atoms with E-state index in [9.17, 15) is 43.2 Å². The third-order valence-electron chi connectivity index (χ3n) is 15.9. The molecule has 0 radical (unpaired) electrons. The number of hydrogen-bond donors (Lipinski definition) is 3. The Bertz CT molecular complexity index is 1670. The summed E-state index contributed by atoms with van der Waals surface area (Å²) in [7, 11) is -9.88. The van der Waals surface area contributed by atoms with Gasteiger partial charge in [0.15, 0.2) is 12.2 Å². The lowest BCUT2D eigenvalue weighted by molar-refractivity contribution is -0.161. The van der Waals surface area contributed by atoms with Gasteiger partial charge in [0, 0.05) is 25.7 Å². The molecule has 0 bridgehead atoms. The van der Waals surface area contributed by atoms with E-state index in [-0.39, 0.29) is 25.7 Å². The van der Waals surface area contributed by atoms with Crippen molar-refractivity contribution in [3.05, 3.63) is 0 Å². The van der Waals surface area contributed by atoms with Crippen LogP contribution in [0.25, 0.3) is 0 Å². The van der Waals surface area contributed by atoms with Gasteiger partial charge in [0.2, 0.25) is 0 Å². The summed E-state index contributed by atoms with van der Waals surface area (Å²) in [5.74, 6) is -2.13. The Morgan fingerprint density at radius 3 is 0.678 bits per heavy atom. The number of hydrogen-bond acceptors (Lipinski definition) is 15. The highest BCUT2D eigenvalue weighted by Gasteiger charge is 2.30. The average molecular weight is 1280 g/mol. The van der Waals surface area contributed by atoms with Gasteiger partial charge in [-0.25, -0.2) is 9.13 Å². The van der Waals surface area contributed by atoms with Gasteiger partial charge in [0.05, 0.1) is 26.4 Å². The summed E-state index contributed by atoms with van der Waals surface area (Å²) in [6.45, 7) is 4.85. The summed E-state index contributed by atoms with van der Waals surface area (Å²) >= 11 is 0. The predicted molar refractivity (Wildman–Crippen MR) is 349 cm³/mol. The first-order valence-electron chi connectivity index (χ1n) is 35.8. The molecule has 0 aromatic heterocycles. The number of carbonyl (C=O) groups excluding carboxylic acids is 4. The molecule has 2 unspecified atom stereocenters. The minimum atomic E-state index is -4.95. The van der Waals surface area contributed by atoms with E-state index in [1.54, 1.807) is 0 Å². The van der Waals surface area contributed by atoms with Crippen LogP contribution in [0.1, 0.15) is 355 Å². The maximum absolute atomic E-state index is 13.0. The molecule has 0 amide bonds. The van der Waals surface area contributed by atoms with Gasteiger partial charge in [0.1, 0.15) is 19.3 Å². The maximum Gasteiger partial charge on any atom is 0.472 e. The van der Waals surface area contributed by atoms with Gasteiger partial charge in [-0.2, -0.15) is 0 Å². The lowest BCUT2D eigenvalue weighted by Crippen LogP contribution is -2.30. The Morgan fingerprint density at radius 2 is 0.460 bits per heavy atom. The van der Waals surface area contributed by atoms with Gasteiger partial charge in [-0.1, -0.05) is 304 Å². The van der Waals surface area contributed by atoms with Gasteiger partial charge in [-0.15, -0.1) is 0 Å². The number of unbranched alkanes of at least 4 members (excludes halogenated alkanes) is 43. The van der Waals surface area contributed by atoms with Gasteiger partial charge in [0.25, 0.3) is 0 Å². The first kappa shape index (κ1) is 85.1. The summed E-state index contributed by atoms with van der Waals surface area (Å²) < 4.78 is 68.0. The molecule has 0 saturated heterocycles. The zero-order valence-electron chi connectivity index (χ0n) is 56.0. The van der Waals surface area contributed by atoms with E-state index in [0.29, 0.717) is 25.7 Å². The third-order valence-corrected chi connectivity index (χ3v) is 17.8. The molecule has 0 rings (SSSR count). The molecule has 0 fully saturated rings. The van der Waals surface area contributed by atoms with E-state index in [4.69, 9.17) is 37.0 Å². The molecule has 5 atom stereocenters. The second-order valence-corrected chi connectivity index (χ2v) is 27.5. The zero-order valence-corrected chi connectivity index (χ0v) is 57.8. The zero-order chi connectivity index (χ0) is 64.0. The highest BCUT2D eigenvalue weighted by atomic mass is 31.2. The third kappa shape index (κ3) is 62.6. The van der Waals surface area contributed by atoms with Crippen molar-refractivity contribution in [2.45, 2.75) is 373 Å². The average Bonchev–Trinajstić information content (AvgIpc) is 3.62. The number of aliphatic hydroxyl groups is 1. The Balaban J connectivity index is 5.16. The largest absolute Gasteiger partial charge is 0.472 e. The van der Waals surface area contributed by atoms with Crippen LogP contribution in [0.3, 0.4) is 0 Å². The molecule has 0 aliphatic rings. The number of aliphatic hydroxyl groups excluding tert-OH is 1. The molecule has 0 aromatic carbocycles. The molecule has 516 valence electrons. The van der Waals surface area contributed by atoms with Crippen molar-refractivity contribution in [1.29, 1.82) is 0 Å². The molecule has 0 saturated carbocycles. The van der Waals surface area contributed by atoms with Crippen molar-refractivity contribution in [3.8, 4) is 0 Å². The highest BCUT2D eigenvalue weighted by molar-refractivity contribution is 7.47. The minimum Gasteiger partial charge on any atom is -0.462 e. The Morgan fingerprint density at radius 1 is 0.276 bits per heavy atom. The van der Waals surface area contributed by atoms with Crippen molar-refractivity contribution in [2.75, 3.05) is 39.6 Å². The highest BCUT2D eigenvalue weighted by Crippen LogP contribution is 2.45. The van der Waals surface area contributed by atoms with E-state index in [0.717, 1.165) is 96.3 Å². The van der Waals surface area contributed by atoms with E-state index < -0.39 is 97.5 Å². The van der Waals surface area contributed by atoms with Gasteiger partial charge in [-0.3, -0.25) is 37.3 Å². The van der Waals surface area contributed by atoms with Crippen molar-refractivity contribution in [1.82, 2.24) is 0 Å². The number of rotatable bonds is 69. The number of esters is 4. The van der Waals surface area contributed by atoms with Gasteiger partial charge in [-0.05, 0) is 25.7 Å². The smallest absolute Gasteiger partial charge is 0.462 e. The lowest BCUT2D eigenvalue weighted by Gasteiger charge is -2.21. The van der Waals surface area contributed by atoms with Crippen LogP contribution in [-0.4, -0.2) is 96.7 Å². The molecule has 87 heavy (non-hydrogen) atoms.